The van der Waals surface area contributed by atoms with Crippen LogP contribution in [-0.2, 0) is 24.1 Å². The first-order valence-electron chi connectivity index (χ1n) is 10.5. The highest BCUT2D eigenvalue weighted by molar-refractivity contribution is 5.68. The van der Waals surface area contributed by atoms with Crippen LogP contribution in [0.1, 0.15) is 37.6 Å². The number of likely N-dealkylation sites (N-methyl/N-ethyl adjacent to an activating group) is 2. The minimum Gasteiger partial charge on any atom is -0.444 e. The number of rotatable bonds is 6. The topological polar surface area (TPSA) is 70.6 Å². The molecule has 1 amide bonds. The van der Waals surface area contributed by atoms with Gasteiger partial charge in [-0.05, 0) is 39.8 Å². The smallest absolute Gasteiger partial charge is 0.410 e. The van der Waals surface area contributed by atoms with Gasteiger partial charge in [-0.1, -0.05) is 30.3 Å². The molecule has 1 aliphatic heterocycles. The van der Waals surface area contributed by atoms with Crippen LogP contribution in [0.3, 0.4) is 0 Å². The van der Waals surface area contributed by atoms with Crippen LogP contribution in [0.25, 0.3) is 0 Å². The number of hydrogen-bond acceptors (Lipinski definition) is 6. The zero-order valence-electron chi connectivity index (χ0n) is 18.7. The Bertz CT molecular complexity index is 850. The number of amides is 1. The summed E-state index contributed by atoms with van der Waals surface area (Å²) in [5.74, 6) is 0.849. The number of anilines is 1. The monoisotopic (exact) mass is 411 g/mol. The van der Waals surface area contributed by atoms with Crippen LogP contribution in [0.15, 0.2) is 36.7 Å². The summed E-state index contributed by atoms with van der Waals surface area (Å²) >= 11 is 0. The Kier molecular flexibility index (Phi) is 6.92. The van der Waals surface area contributed by atoms with E-state index in [2.05, 4.69) is 39.4 Å². The van der Waals surface area contributed by atoms with Crippen LogP contribution >= 0.6 is 0 Å². The molecule has 1 aromatic heterocycles. The van der Waals surface area contributed by atoms with E-state index < -0.39 is 5.60 Å². The highest BCUT2D eigenvalue weighted by Gasteiger charge is 2.26. The number of nitrogens with one attached hydrogen (secondary N) is 1. The van der Waals surface area contributed by atoms with Crippen molar-refractivity contribution >= 4 is 11.9 Å². The molecule has 3 rings (SSSR count). The van der Waals surface area contributed by atoms with Crippen molar-refractivity contribution in [2.75, 3.05) is 32.5 Å². The summed E-state index contributed by atoms with van der Waals surface area (Å²) < 4.78 is 5.60. The maximum Gasteiger partial charge on any atom is 0.410 e. The highest BCUT2D eigenvalue weighted by atomic mass is 16.6. The largest absolute Gasteiger partial charge is 0.444 e. The fraction of sp³-hybridized carbons (Fsp3) is 0.522. The first-order valence-corrected chi connectivity index (χ1v) is 10.5. The summed E-state index contributed by atoms with van der Waals surface area (Å²) in [6.07, 6.45) is 2.94. The Morgan fingerprint density at radius 1 is 1.27 bits per heavy atom. The summed E-state index contributed by atoms with van der Waals surface area (Å²) in [6, 6.07) is 10.1. The number of hydrogen-bond donors (Lipinski definition) is 1. The number of carbonyl (C=O) groups excluding carboxylic acids is 1. The Morgan fingerprint density at radius 2 is 2.00 bits per heavy atom. The van der Waals surface area contributed by atoms with Gasteiger partial charge in [0, 0.05) is 38.7 Å². The standard InChI is InChI=1S/C23H33N5O2/c1-23(2,3)30-22(29)28(5)18(13-17-9-7-6-8-10-17)14-24-21-19-15-27(4)12-11-20(19)25-16-26-21/h6-10,16,18H,11-15H2,1-5H3,(H,24,25,26). The SMILES string of the molecule is CN1CCc2ncnc(NCC(Cc3ccccc3)N(C)C(=O)OC(C)(C)C)c2C1. The fourth-order valence-electron chi connectivity index (χ4n) is 3.56. The number of ether oxygens (including phenoxy) is 1. The third-order valence-corrected chi connectivity index (χ3v) is 5.24. The lowest BCUT2D eigenvalue weighted by molar-refractivity contribution is 0.0231. The predicted octanol–water partition coefficient (Wildman–Crippen LogP) is 3.35. The molecule has 7 nitrogen and oxygen atoms in total. The van der Waals surface area contributed by atoms with Crippen molar-refractivity contribution in [1.82, 2.24) is 19.8 Å². The summed E-state index contributed by atoms with van der Waals surface area (Å²) in [4.78, 5) is 25.6. The summed E-state index contributed by atoms with van der Waals surface area (Å²) in [5.41, 5.74) is 2.88. The Balaban J connectivity index is 1.77. The maximum absolute atomic E-state index is 12.7. The summed E-state index contributed by atoms with van der Waals surface area (Å²) in [6.45, 7) is 8.04. The van der Waals surface area contributed by atoms with Crippen LogP contribution in [0.2, 0.25) is 0 Å². The number of carbonyl (C=O) groups is 1. The summed E-state index contributed by atoms with van der Waals surface area (Å²) in [5, 5.41) is 3.49. The van der Waals surface area contributed by atoms with Crippen molar-refractivity contribution in [3.8, 4) is 0 Å². The first kappa shape index (κ1) is 22.0. The van der Waals surface area contributed by atoms with E-state index in [1.54, 1.807) is 18.3 Å². The van der Waals surface area contributed by atoms with Gasteiger partial charge in [-0.2, -0.15) is 0 Å². The zero-order chi connectivity index (χ0) is 21.7. The second-order valence-electron chi connectivity index (χ2n) is 8.95. The number of aromatic nitrogens is 2. The van der Waals surface area contributed by atoms with Crippen LogP contribution in [-0.4, -0.2) is 64.7 Å². The van der Waals surface area contributed by atoms with E-state index in [1.807, 2.05) is 39.0 Å². The quantitative estimate of drug-likeness (QED) is 0.786. The van der Waals surface area contributed by atoms with E-state index in [4.69, 9.17) is 4.74 Å². The molecule has 0 fully saturated rings. The normalized spacial score (nSPS) is 15.2. The lowest BCUT2D eigenvalue weighted by atomic mass is 10.0. The molecule has 1 aromatic carbocycles. The average Bonchev–Trinajstić information content (AvgIpc) is 2.70. The van der Waals surface area contributed by atoms with Crippen LogP contribution < -0.4 is 5.32 Å². The summed E-state index contributed by atoms with van der Waals surface area (Å²) in [7, 11) is 3.90. The Labute approximate surface area is 179 Å². The van der Waals surface area contributed by atoms with Crippen molar-refractivity contribution < 1.29 is 9.53 Å². The van der Waals surface area contributed by atoms with Gasteiger partial charge in [-0.25, -0.2) is 14.8 Å². The molecule has 7 heteroatoms. The first-order chi connectivity index (χ1) is 14.2. The molecule has 0 saturated heterocycles. The van der Waals surface area contributed by atoms with Crippen molar-refractivity contribution in [2.45, 2.75) is 51.8 Å². The van der Waals surface area contributed by atoms with Crippen molar-refractivity contribution in [3.05, 3.63) is 53.5 Å². The van der Waals surface area contributed by atoms with E-state index in [-0.39, 0.29) is 12.1 Å². The predicted molar refractivity (Wildman–Crippen MR) is 118 cm³/mol. The molecule has 1 aliphatic rings. The third kappa shape index (κ3) is 5.92. The maximum atomic E-state index is 12.7. The van der Waals surface area contributed by atoms with Gasteiger partial charge in [-0.15, -0.1) is 0 Å². The molecule has 1 atom stereocenters. The van der Waals surface area contributed by atoms with Gasteiger partial charge in [0.15, 0.2) is 0 Å². The van der Waals surface area contributed by atoms with Crippen LogP contribution in [0.4, 0.5) is 10.6 Å². The molecule has 1 N–H and O–H groups in total. The minimum absolute atomic E-state index is 0.0887. The molecule has 0 saturated carbocycles. The molecule has 0 radical (unpaired) electrons. The minimum atomic E-state index is -0.535. The molecular formula is C23H33N5O2. The lowest BCUT2D eigenvalue weighted by Crippen LogP contribution is -2.45. The Morgan fingerprint density at radius 3 is 2.70 bits per heavy atom. The van der Waals surface area contributed by atoms with E-state index in [9.17, 15) is 4.79 Å². The second-order valence-corrected chi connectivity index (χ2v) is 8.95. The van der Waals surface area contributed by atoms with Crippen molar-refractivity contribution in [3.63, 3.8) is 0 Å². The van der Waals surface area contributed by atoms with Crippen molar-refractivity contribution in [1.29, 1.82) is 0 Å². The van der Waals surface area contributed by atoms with Crippen molar-refractivity contribution in [2.24, 2.45) is 0 Å². The van der Waals surface area contributed by atoms with Gasteiger partial charge in [0.05, 0.1) is 11.7 Å². The number of nitrogens with zero attached hydrogens (tertiary/aromatic N) is 4. The molecule has 2 heterocycles. The Hall–Kier alpha value is -2.67. The fourth-order valence-corrected chi connectivity index (χ4v) is 3.56. The highest BCUT2D eigenvalue weighted by Crippen LogP contribution is 2.22. The lowest BCUT2D eigenvalue weighted by Gasteiger charge is -2.32. The van der Waals surface area contributed by atoms with Crippen LogP contribution in [0, 0.1) is 0 Å². The average molecular weight is 412 g/mol. The molecule has 0 spiro atoms. The van der Waals surface area contributed by atoms with Gasteiger partial charge in [0.2, 0.25) is 0 Å². The van der Waals surface area contributed by atoms with Gasteiger partial charge in [0.1, 0.15) is 17.7 Å². The third-order valence-electron chi connectivity index (χ3n) is 5.24. The molecule has 0 aliphatic carbocycles. The van der Waals surface area contributed by atoms with E-state index in [1.165, 1.54) is 5.56 Å². The number of benzene rings is 1. The van der Waals surface area contributed by atoms with Gasteiger partial charge >= 0.3 is 6.09 Å². The van der Waals surface area contributed by atoms with E-state index in [0.717, 1.165) is 43.0 Å². The molecular weight excluding hydrogens is 378 g/mol. The van der Waals surface area contributed by atoms with Gasteiger partial charge in [-0.3, -0.25) is 0 Å². The molecule has 0 bridgehead atoms. The zero-order valence-corrected chi connectivity index (χ0v) is 18.7. The number of fused-ring (bicyclic) bond motifs is 1. The van der Waals surface area contributed by atoms with Gasteiger partial charge < -0.3 is 19.9 Å². The molecule has 1 unspecified atom stereocenters. The second kappa shape index (κ2) is 9.43. The van der Waals surface area contributed by atoms with E-state index >= 15 is 0 Å². The van der Waals surface area contributed by atoms with Gasteiger partial charge in [0.25, 0.3) is 0 Å². The molecule has 2 aromatic rings. The van der Waals surface area contributed by atoms with Crippen LogP contribution in [0.5, 0.6) is 0 Å². The van der Waals surface area contributed by atoms with E-state index in [0.29, 0.717) is 6.54 Å². The molecule has 30 heavy (non-hydrogen) atoms. The molecule has 162 valence electrons.